The zero-order valence-corrected chi connectivity index (χ0v) is 15.8. The second kappa shape index (κ2) is 7.87. The van der Waals surface area contributed by atoms with Gasteiger partial charge in [0.2, 0.25) is 5.91 Å². The van der Waals surface area contributed by atoms with Gasteiger partial charge in [0.05, 0.1) is 37.9 Å². The fraction of sp³-hybridized carbons (Fsp3) is 0.316. The van der Waals surface area contributed by atoms with Gasteiger partial charge in [-0.05, 0) is 25.1 Å². The lowest BCUT2D eigenvalue weighted by Crippen LogP contribution is -2.27. The number of amides is 1. The Morgan fingerprint density at radius 2 is 2.15 bits per heavy atom. The number of rotatable bonds is 7. The summed E-state index contributed by atoms with van der Waals surface area (Å²) in [6.07, 6.45) is 3.51. The molecule has 3 aromatic rings. The normalized spacial score (nSPS) is 16.9. The fourth-order valence-electron chi connectivity index (χ4n) is 3.05. The molecular weight excluding hydrogens is 364 g/mol. The Hall–Kier alpha value is -2.74. The van der Waals surface area contributed by atoms with E-state index in [2.05, 4.69) is 10.3 Å². The molecule has 1 fully saturated rings. The summed E-state index contributed by atoms with van der Waals surface area (Å²) in [4.78, 5) is 14.1. The summed E-state index contributed by atoms with van der Waals surface area (Å²) in [5.41, 5.74) is 1.81. The average molecular weight is 384 g/mol. The largest absolute Gasteiger partial charge is 0.494 e. The van der Waals surface area contributed by atoms with Crippen LogP contribution in [0.1, 0.15) is 29.3 Å². The topological polar surface area (TPSA) is 73.4 Å². The van der Waals surface area contributed by atoms with E-state index in [-0.39, 0.29) is 11.3 Å². The first-order chi connectivity index (χ1) is 13.2. The van der Waals surface area contributed by atoms with E-state index in [1.54, 1.807) is 27.6 Å². The smallest absolute Gasteiger partial charge is 0.234 e. The molecule has 7 nitrogen and oxygen atoms in total. The van der Waals surface area contributed by atoms with Crippen LogP contribution >= 0.6 is 11.8 Å². The number of ether oxygens (including phenoxy) is 1. The summed E-state index contributed by atoms with van der Waals surface area (Å²) in [7, 11) is 0. The van der Waals surface area contributed by atoms with Gasteiger partial charge in [0.15, 0.2) is 0 Å². The van der Waals surface area contributed by atoms with Crippen LogP contribution in [0.15, 0.2) is 53.3 Å². The van der Waals surface area contributed by atoms with E-state index in [1.807, 2.05) is 49.5 Å². The van der Waals surface area contributed by atoms with Crippen molar-refractivity contribution >= 4 is 17.7 Å². The Balaban J connectivity index is 1.51. The molecule has 2 aromatic heterocycles. The molecule has 4 rings (SSSR count). The number of para-hydroxylation sites is 1. The van der Waals surface area contributed by atoms with Gasteiger partial charge in [0, 0.05) is 5.56 Å². The molecule has 3 heterocycles. The predicted octanol–water partition coefficient (Wildman–Crippen LogP) is 3.09. The molecule has 0 saturated carbocycles. The number of carbonyl (C=O) groups is 1. The van der Waals surface area contributed by atoms with Crippen LogP contribution in [-0.4, -0.2) is 38.2 Å². The fourth-order valence-corrected chi connectivity index (χ4v) is 4.17. The van der Waals surface area contributed by atoms with Crippen LogP contribution in [0.4, 0.5) is 0 Å². The first-order valence-electron chi connectivity index (χ1n) is 8.79. The van der Waals surface area contributed by atoms with Gasteiger partial charge in [-0.1, -0.05) is 23.4 Å². The molecular formula is C19H20N4O3S. The van der Waals surface area contributed by atoms with Crippen molar-refractivity contribution in [3.63, 3.8) is 0 Å². The van der Waals surface area contributed by atoms with Crippen molar-refractivity contribution < 1.29 is 13.9 Å². The second-order valence-electron chi connectivity index (χ2n) is 6.15. The zero-order valence-electron chi connectivity index (χ0n) is 14.9. The monoisotopic (exact) mass is 384 g/mol. The number of carbonyl (C=O) groups excluding carboxylic acids is 1. The van der Waals surface area contributed by atoms with E-state index < -0.39 is 0 Å². The van der Waals surface area contributed by atoms with Crippen LogP contribution in [0.5, 0.6) is 5.75 Å². The lowest BCUT2D eigenvalue weighted by Gasteiger charge is -2.20. The van der Waals surface area contributed by atoms with Crippen LogP contribution in [0.3, 0.4) is 0 Å². The highest BCUT2D eigenvalue weighted by molar-refractivity contribution is 8.00. The van der Waals surface area contributed by atoms with Crippen molar-refractivity contribution in [3.8, 4) is 5.75 Å². The van der Waals surface area contributed by atoms with E-state index in [0.717, 1.165) is 22.8 Å². The van der Waals surface area contributed by atoms with Gasteiger partial charge < -0.3 is 14.1 Å². The summed E-state index contributed by atoms with van der Waals surface area (Å²) in [6.45, 7) is 3.57. The molecule has 1 amide bonds. The third-order valence-electron chi connectivity index (χ3n) is 4.29. The number of nitrogens with zero attached hydrogens (tertiary/aromatic N) is 4. The van der Waals surface area contributed by atoms with Crippen molar-refractivity contribution in [1.29, 1.82) is 0 Å². The first kappa shape index (κ1) is 17.7. The standard InChI is InChI=1S/C19H20N4O3S/c1-2-25-17-8-4-3-6-14(17)10-22-12-16(20-21-22)19-23(18(24)13-27-19)11-15-7-5-9-26-15/h3-9,12,19H,2,10-11,13H2,1H3/t19-/m0/s1. The van der Waals surface area contributed by atoms with E-state index in [0.29, 0.717) is 25.4 Å². The quantitative estimate of drug-likeness (QED) is 0.623. The number of hydrogen-bond donors (Lipinski definition) is 0. The molecule has 0 radical (unpaired) electrons. The third-order valence-corrected chi connectivity index (χ3v) is 5.51. The summed E-state index contributed by atoms with van der Waals surface area (Å²) < 4.78 is 12.8. The minimum absolute atomic E-state index is 0.0811. The Morgan fingerprint density at radius 1 is 1.26 bits per heavy atom. The van der Waals surface area contributed by atoms with Crippen LogP contribution in [0, 0.1) is 0 Å². The Bertz CT molecular complexity index is 909. The van der Waals surface area contributed by atoms with Gasteiger partial charge in [-0.25, -0.2) is 4.68 Å². The summed E-state index contributed by atoms with van der Waals surface area (Å²) in [5, 5.41) is 8.41. The van der Waals surface area contributed by atoms with Gasteiger partial charge in [0.25, 0.3) is 0 Å². The molecule has 0 unspecified atom stereocenters. The number of aromatic nitrogens is 3. The molecule has 0 spiro atoms. The molecule has 1 aliphatic heterocycles. The molecule has 1 aliphatic rings. The average Bonchev–Trinajstić information content (AvgIpc) is 3.41. The van der Waals surface area contributed by atoms with Crippen LogP contribution in [0.25, 0.3) is 0 Å². The van der Waals surface area contributed by atoms with Gasteiger partial charge in [-0.3, -0.25) is 4.79 Å². The Morgan fingerprint density at radius 3 is 2.96 bits per heavy atom. The highest BCUT2D eigenvalue weighted by atomic mass is 32.2. The van der Waals surface area contributed by atoms with Crippen molar-refractivity contribution in [3.05, 3.63) is 65.9 Å². The maximum Gasteiger partial charge on any atom is 0.234 e. The molecule has 0 N–H and O–H groups in total. The number of hydrogen-bond acceptors (Lipinski definition) is 6. The molecule has 1 saturated heterocycles. The molecule has 0 bridgehead atoms. The SMILES string of the molecule is CCOc1ccccc1Cn1cc([C@@H]2SCC(=O)N2Cc2ccco2)nn1. The van der Waals surface area contributed by atoms with Crippen molar-refractivity contribution in [2.75, 3.05) is 12.4 Å². The lowest BCUT2D eigenvalue weighted by molar-refractivity contribution is -0.128. The Kier molecular flexibility index (Phi) is 5.15. The zero-order chi connectivity index (χ0) is 18.6. The highest BCUT2D eigenvalue weighted by Crippen LogP contribution is 2.38. The van der Waals surface area contributed by atoms with Crippen LogP contribution in [0.2, 0.25) is 0 Å². The molecule has 0 aliphatic carbocycles. The van der Waals surface area contributed by atoms with E-state index in [1.165, 1.54) is 0 Å². The number of benzene rings is 1. The van der Waals surface area contributed by atoms with Crippen LogP contribution in [-0.2, 0) is 17.9 Å². The minimum Gasteiger partial charge on any atom is -0.494 e. The Labute approximate surface area is 161 Å². The molecule has 27 heavy (non-hydrogen) atoms. The molecule has 8 heteroatoms. The van der Waals surface area contributed by atoms with E-state index in [4.69, 9.17) is 9.15 Å². The summed E-state index contributed by atoms with van der Waals surface area (Å²) in [5.74, 6) is 2.12. The molecule has 140 valence electrons. The number of furan rings is 1. The second-order valence-corrected chi connectivity index (χ2v) is 7.21. The van der Waals surface area contributed by atoms with E-state index in [9.17, 15) is 4.79 Å². The van der Waals surface area contributed by atoms with Crippen LogP contribution < -0.4 is 4.74 Å². The van der Waals surface area contributed by atoms with E-state index >= 15 is 0 Å². The van der Waals surface area contributed by atoms with Crippen molar-refractivity contribution in [2.45, 2.75) is 25.4 Å². The first-order valence-corrected chi connectivity index (χ1v) is 9.83. The highest BCUT2D eigenvalue weighted by Gasteiger charge is 2.35. The maximum atomic E-state index is 12.3. The van der Waals surface area contributed by atoms with Crippen molar-refractivity contribution in [1.82, 2.24) is 19.9 Å². The van der Waals surface area contributed by atoms with Gasteiger partial charge in [0.1, 0.15) is 22.6 Å². The predicted molar refractivity (Wildman–Crippen MR) is 101 cm³/mol. The lowest BCUT2D eigenvalue weighted by atomic mass is 10.2. The van der Waals surface area contributed by atoms with Gasteiger partial charge >= 0.3 is 0 Å². The third kappa shape index (κ3) is 3.85. The number of thioether (sulfide) groups is 1. The van der Waals surface area contributed by atoms with Crippen molar-refractivity contribution in [2.24, 2.45) is 0 Å². The molecule has 1 atom stereocenters. The maximum absolute atomic E-state index is 12.3. The van der Waals surface area contributed by atoms with Gasteiger partial charge in [-0.15, -0.1) is 16.9 Å². The molecule has 1 aromatic carbocycles. The van der Waals surface area contributed by atoms with Gasteiger partial charge in [-0.2, -0.15) is 0 Å². The summed E-state index contributed by atoms with van der Waals surface area (Å²) in [6, 6.07) is 11.6. The summed E-state index contributed by atoms with van der Waals surface area (Å²) >= 11 is 1.56. The minimum atomic E-state index is -0.154.